The maximum Gasteiger partial charge on any atom is 0.134 e. The number of hydrogen-bond acceptors (Lipinski definition) is 3. The van der Waals surface area contributed by atoms with Gasteiger partial charge >= 0.3 is 0 Å². The van der Waals surface area contributed by atoms with Crippen molar-refractivity contribution in [2.24, 2.45) is 5.84 Å². The van der Waals surface area contributed by atoms with Crippen LogP contribution in [0, 0.1) is 0 Å². The van der Waals surface area contributed by atoms with Crippen LogP contribution < -0.4 is 11.3 Å². The molecule has 0 bridgehead atoms. The second-order valence-corrected chi connectivity index (χ2v) is 5.61. The van der Waals surface area contributed by atoms with Crippen molar-refractivity contribution in [1.29, 1.82) is 0 Å². The summed E-state index contributed by atoms with van der Waals surface area (Å²) in [5, 5.41) is 1.09. The van der Waals surface area contributed by atoms with Crippen LogP contribution in [0.2, 0.25) is 0 Å². The standard InChI is InChI=1S/C18H20N2O/c1-12(2)13-7-9-14(10-8-13)18(20-19)17-11-15-5-3-4-6-16(15)21-17/h3-12,18,20H,19H2,1-2H3. The molecule has 0 aliphatic carbocycles. The molecule has 0 amide bonds. The molecule has 0 fully saturated rings. The van der Waals surface area contributed by atoms with E-state index in [1.807, 2.05) is 30.3 Å². The van der Waals surface area contributed by atoms with Crippen LogP contribution in [0.3, 0.4) is 0 Å². The predicted molar refractivity (Wildman–Crippen MR) is 85.9 cm³/mol. The van der Waals surface area contributed by atoms with Crippen molar-refractivity contribution in [3.8, 4) is 0 Å². The van der Waals surface area contributed by atoms with Crippen LogP contribution in [0.25, 0.3) is 11.0 Å². The van der Waals surface area contributed by atoms with Gasteiger partial charge in [0.1, 0.15) is 17.4 Å². The van der Waals surface area contributed by atoms with Gasteiger partial charge in [0, 0.05) is 5.39 Å². The third-order valence-electron chi connectivity index (χ3n) is 3.83. The lowest BCUT2D eigenvalue weighted by atomic mass is 9.98. The Labute approximate surface area is 124 Å². The molecule has 3 N–H and O–H groups in total. The average Bonchev–Trinajstić information content (AvgIpc) is 2.92. The highest BCUT2D eigenvalue weighted by Gasteiger charge is 2.17. The van der Waals surface area contributed by atoms with Gasteiger partial charge in [-0.05, 0) is 29.2 Å². The molecular formula is C18H20N2O. The molecule has 1 heterocycles. The van der Waals surface area contributed by atoms with Gasteiger partial charge < -0.3 is 4.42 Å². The predicted octanol–water partition coefficient (Wildman–Crippen LogP) is 4.11. The summed E-state index contributed by atoms with van der Waals surface area (Å²) < 4.78 is 5.91. The number of nitrogens with one attached hydrogen (secondary N) is 1. The van der Waals surface area contributed by atoms with Crippen LogP contribution >= 0.6 is 0 Å². The summed E-state index contributed by atoms with van der Waals surface area (Å²) >= 11 is 0. The number of nitrogens with two attached hydrogens (primary N) is 1. The SMILES string of the molecule is CC(C)c1ccc(C(NN)c2cc3ccccc3o2)cc1. The quantitative estimate of drug-likeness (QED) is 0.558. The molecule has 3 nitrogen and oxygen atoms in total. The summed E-state index contributed by atoms with van der Waals surface area (Å²) in [6.45, 7) is 4.37. The molecule has 21 heavy (non-hydrogen) atoms. The molecule has 1 aromatic heterocycles. The highest BCUT2D eigenvalue weighted by atomic mass is 16.3. The second kappa shape index (κ2) is 5.72. The van der Waals surface area contributed by atoms with Crippen LogP contribution in [0.1, 0.15) is 42.7 Å². The zero-order valence-corrected chi connectivity index (χ0v) is 12.3. The van der Waals surface area contributed by atoms with E-state index >= 15 is 0 Å². The minimum atomic E-state index is -0.140. The van der Waals surface area contributed by atoms with Gasteiger partial charge in [-0.15, -0.1) is 0 Å². The lowest BCUT2D eigenvalue weighted by Gasteiger charge is -2.15. The normalized spacial score (nSPS) is 13.0. The van der Waals surface area contributed by atoms with Crippen LogP contribution in [0.15, 0.2) is 59.0 Å². The molecular weight excluding hydrogens is 260 g/mol. The van der Waals surface area contributed by atoms with E-state index in [0.29, 0.717) is 5.92 Å². The van der Waals surface area contributed by atoms with Gasteiger partial charge in [0.2, 0.25) is 0 Å². The highest BCUT2D eigenvalue weighted by molar-refractivity contribution is 5.77. The Balaban J connectivity index is 1.97. The Morgan fingerprint density at radius 1 is 0.952 bits per heavy atom. The molecule has 3 rings (SSSR count). The molecule has 0 spiro atoms. The molecule has 108 valence electrons. The fourth-order valence-electron chi connectivity index (χ4n) is 2.56. The fraction of sp³-hybridized carbons (Fsp3) is 0.222. The molecule has 1 unspecified atom stereocenters. The number of furan rings is 1. The fourth-order valence-corrected chi connectivity index (χ4v) is 2.56. The first-order valence-electron chi connectivity index (χ1n) is 7.23. The summed E-state index contributed by atoms with van der Waals surface area (Å²) in [7, 11) is 0. The molecule has 0 radical (unpaired) electrons. The van der Waals surface area contributed by atoms with E-state index < -0.39 is 0 Å². The Hall–Kier alpha value is -2.10. The topological polar surface area (TPSA) is 51.2 Å². The Bertz CT molecular complexity index is 695. The number of benzene rings is 2. The largest absolute Gasteiger partial charge is 0.459 e. The van der Waals surface area contributed by atoms with Gasteiger partial charge in [-0.2, -0.15) is 0 Å². The maximum atomic E-state index is 5.91. The van der Waals surface area contributed by atoms with Crippen molar-refractivity contribution in [3.05, 3.63) is 71.5 Å². The van der Waals surface area contributed by atoms with E-state index in [-0.39, 0.29) is 6.04 Å². The number of hydrogen-bond donors (Lipinski definition) is 2. The van der Waals surface area contributed by atoms with E-state index in [1.54, 1.807) is 0 Å². The second-order valence-electron chi connectivity index (χ2n) is 5.61. The minimum absolute atomic E-state index is 0.140. The first-order valence-corrected chi connectivity index (χ1v) is 7.23. The lowest BCUT2D eigenvalue weighted by Crippen LogP contribution is -2.28. The number of fused-ring (bicyclic) bond motifs is 1. The number of para-hydroxylation sites is 1. The Morgan fingerprint density at radius 2 is 1.62 bits per heavy atom. The van der Waals surface area contributed by atoms with Crippen molar-refractivity contribution >= 4 is 11.0 Å². The summed E-state index contributed by atoms with van der Waals surface area (Å²) in [4.78, 5) is 0. The van der Waals surface area contributed by atoms with Crippen molar-refractivity contribution in [2.45, 2.75) is 25.8 Å². The summed E-state index contributed by atoms with van der Waals surface area (Å²) in [6.07, 6.45) is 0. The van der Waals surface area contributed by atoms with E-state index in [0.717, 1.165) is 22.3 Å². The Morgan fingerprint density at radius 3 is 2.24 bits per heavy atom. The summed E-state index contributed by atoms with van der Waals surface area (Å²) in [5.74, 6) is 7.10. The molecule has 0 aliphatic rings. The molecule has 3 aromatic rings. The van der Waals surface area contributed by atoms with Crippen molar-refractivity contribution < 1.29 is 4.42 Å². The molecule has 0 saturated carbocycles. The highest BCUT2D eigenvalue weighted by Crippen LogP contribution is 2.28. The summed E-state index contributed by atoms with van der Waals surface area (Å²) in [5.41, 5.74) is 6.15. The lowest BCUT2D eigenvalue weighted by molar-refractivity contribution is 0.477. The van der Waals surface area contributed by atoms with Crippen molar-refractivity contribution in [2.75, 3.05) is 0 Å². The zero-order valence-electron chi connectivity index (χ0n) is 12.3. The van der Waals surface area contributed by atoms with E-state index in [2.05, 4.69) is 43.5 Å². The molecule has 3 heteroatoms. The van der Waals surface area contributed by atoms with Crippen molar-refractivity contribution in [1.82, 2.24) is 5.43 Å². The van der Waals surface area contributed by atoms with Gasteiger partial charge in [-0.1, -0.05) is 56.3 Å². The summed E-state index contributed by atoms with van der Waals surface area (Å²) in [6, 6.07) is 18.4. The van der Waals surface area contributed by atoms with Gasteiger partial charge in [-0.25, -0.2) is 5.43 Å². The van der Waals surface area contributed by atoms with Gasteiger partial charge in [0.25, 0.3) is 0 Å². The van der Waals surface area contributed by atoms with Gasteiger partial charge in [0.05, 0.1) is 0 Å². The van der Waals surface area contributed by atoms with Crippen LogP contribution in [0.4, 0.5) is 0 Å². The third kappa shape index (κ3) is 2.71. The monoisotopic (exact) mass is 280 g/mol. The minimum Gasteiger partial charge on any atom is -0.459 e. The first-order chi connectivity index (χ1) is 10.2. The van der Waals surface area contributed by atoms with Gasteiger partial charge in [-0.3, -0.25) is 5.84 Å². The van der Waals surface area contributed by atoms with E-state index in [1.165, 1.54) is 5.56 Å². The van der Waals surface area contributed by atoms with Crippen molar-refractivity contribution in [3.63, 3.8) is 0 Å². The van der Waals surface area contributed by atoms with Gasteiger partial charge in [0.15, 0.2) is 0 Å². The third-order valence-corrected chi connectivity index (χ3v) is 3.83. The number of hydrazine groups is 1. The zero-order chi connectivity index (χ0) is 14.8. The average molecular weight is 280 g/mol. The van der Waals surface area contributed by atoms with Crippen LogP contribution in [-0.2, 0) is 0 Å². The maximum absolute atomic E-state index is 5.91. The van der Waals surface area contributed by atoms with Crippen LogP contribution in [-0.4, -0.2) is 0 Å². The molecule has 1 atom stereocenters. The smallest absolute Gasteiger partial charge is 0.134 e. The Kier molecular flexibility index (Phi) is 3.78. The van der Waals surface area contributed by atoms with Crippen LogP contribution in [0.5, 0.6) is 0 Å². The number of rotatable bonds is 4. The van der Waals surface area contributed by atoms with E-state index in [4.69, 9.17) is 10.3 Å². The molecule has 2 aromatic carbocycles. The van der Waals surface area contributed by atoms with E-state index in [9.17, 15) is 0 Å². The first kappa shape index (κ1) is 13.9. The molecule has 0 saturated heterocycles. The molecule has 0 aliphatic heterocycles.